The lowest BCUT2D eigenvalue weighted by Crippen LogP contribution is -2.31. The van der Waals surface area contributed by atoms with Gasteiger partial charge in [0.15, 0.2) is 0 Å². The highest BCUT2D eigenvalue weighted by atomic mass is 16.4. The van der Waals surface area contributed by atoms with Crippen LogP contribution in [-0.2, 0) is 10.2 Å². The van der Waals surface area contributed by atoms with Crippen LogP contribution in [0.3, 0.4) is 0 Å². The third-order valence-corrected chi connectivity index (χ3v) is 3.50. The topological polar surface area (TPSA) is 37.3 Å². The van der Waals surface area contributed by atoms with Crippen LogP contribution in [0.1, 0.15) is 38.3 Å². The molecule has 0 fully saturated rings. The van der Waals surface area contributed by atoms with E-state index in [9.17, 15) is 4.79 Å². The van der Waals surface area contributed by atoms with E-state index >= 15 is 0 Å². The van der Waals surface area contributed by atoms with Crippen LogP contribution in [0.2, 0.25) is 0 Å². The van der Waals surface area contributed by atoms with E-state index in [4.69, 9.17) is 5.11 Å². The van der Waals surface area contributed by atoms with Gasteiger partial charge in [0.1, 0.15) is 0 Å². The van der Waals surface area contributed by atoms with Gasteiger partial charge in [0, 0.05) is 5.41 Å². The molecule has 2 nitrogen and oxygen atoms in total. The fraction of sp³-hybridized carbons (Fsp3) is 0.500. The van der Waals surface area contributed by atoms with E-state index in [2.05, 4.69) is 13.8 Å². The van der Waals surface area contributed by atoms with Crippen LogP contribution in [0.15, 0.2) is 24.3 Å². The molecule has 1 rings (SSSR count). The Morgan fingerprint density at radius 1 is 1.31 bits per heavy atom. The second kappa shape index (κ2) is 4.69. The Labute approximate surface area is 97.3 Å². The maximum atomic E-state index is 11.0. The smallest absolute Gasteiger partial charge is 0.304 e. The Kier molecular flexibility index (Phi) is 3.74. The molecule has 0 aliphatic carbocycles. The lowest BCUT2D eigenvalue weighted by Gasteiger charge is -2.33. The fourth-order valence-electron chi connectivity index (χ4n) is 1.89. The summed E-state index contributed by atoms with van der Waals surface area (Å²) in [7, 11) is 0. The molecule has 0 aliphatic heterocycles. The van der Waals surface area contributed by atoms with Gasteiger partial charge in [0.2, 0.25) is 0 Å². The third-order valence-electron chi connectivity index (χ3n) is 3.50. The second-order valence-electron chi connectivity index (χ2n) is 5.01. The third kappa shape index (κ3) is 2.63. The van der Waals surface area contributed by atoms with E-state index in [1.807, 2.05) is 38.1 Å². The van der Waals surface area contributed by atoms with Crippen molar-refractivity contribution in [2.45, 2.75) is 39.5 Å². The summed E-state index contributed by atoms with van der Waals surface area (Å²) in [5.41, 5.74) is 2.01. The van der Waals surface area contributed by atoms with Crippen molar-refractivity contribution >= 4 is 5.97 Å². The van der Waals surface area contributed by atoms with Gasteiger partial charge in [-0.1, -0.05) is 50.6 Å². The highest BCUT2D eigenvalue weighted by molar-refractivity contribution is 5.69. The van der Waals surface area contributed by atoms with Crippen LogP contribution in [0, 0.1) is 12.8 Å². The van der Waals surface area contributed by atoms with Crippen molar-refractivity contribution in [3.05, 3.63) is 35.4 Å². The first-order valence-electron chi connectivity index (χ1n) is 5.65. The molecule has 16 heavy (non-hydrogen) atoms. The maximum absolute atomic E-state index is 11.0. The first-order valence-corrected chi connectivity index (χ1v) is 5.65. The number of hydrogen-bond donors (Lipinski definition) is 1. The number of carboxylic acid groups (broad SMARTS) is 1. The normalized spacial score (nSPS) is 14.8. The number of benzene rings is 1. The number of carbonyl (C=O) groups is 1. The van der Waals surface area contributed by atoms with Crippen LogP contribution in [-0.4, -0.2) is 11.1 Å². The summed E-state index contributed by atoms with van der Waals surface area (Å²) in [6.45, 7) is 8.20. The maximum Gasteiger partial charge on any atom is 0.304 e. The van der Waals surface area contributed by atoms with Gasteiger partial charge in [0.05, 0.1) is 6.42 Å². The Balaban J connectivity index is 3.10. The Bertz CT molecular complexity index is 365. The van der Waals surface area contributed by atoms with Crippen LogP contribution in [0.5, 0.6) is 0 Å². The molecule has 0 amide bonds. The zero-order valence-electron chi connectivity index (χ0n) is 10.4. The number of hydrogen-bond acceptors (Lipinski definition) is 1. The van der Waals surface area contributed by atoms with Crippen molar-refractivity contribution < 1.29 is 9.90 Å². The standard InChI is InChI=1S/C14H20O2/c1-10(2)14(4,9-13(15)16)12-7-5-11(3)6-8-12/h5-8,10H,9H2,1-4H3,(H,15,16). The van der Waals surface area contributed by atoms with Crippen molar-refractivity contribution in [2.75, 3.05) is 0 Å². The lowest BCUT2D eigenvalue weighted by molar-refractivity contribution is -0.138. The van der Waals surface area contributed by atoms with Crippen molar-refractivity contribution in [1.82, 2.24) is 0 Å². The number of aryl methyl sites for hydroxylation is 1. The van der Waals surface area contributed by atoms with Gasteiger partial charge in [-0.25, -0.2) is 0 Å². The second-order valence-corrected chi connectivity index (χ2v) is 5.01. The number of aliphatic carboxylic acids is 1. The molecule has 0 bridgehead atoms. The summed E-state index contributed by atoms with van der Waals surface area (Å²) < 4.78 is 0. The summed E-state index contributed by atoms with van der Waals surface area (Å²) in [5.74, 6) is -0.442. The van der Waals surface area contributed by atoms with Crippen LogP contribution >= 0.6 is 0 Å². The fourth-order valence-corrected chi connectivity index (χ4v) is 1.89. The lowest BCUT2D eigenvalue weighted by atomic mass is 9.71. The molecular weight excluding hydrogens is 200 g/mol. The van der Waals surface area contributed by atoms with E-state index in [1.54, 1.807) is 0 Å². The van der Waals surface area contributed by atoms with E-state index in [1.165, 1.54) is 5.56 Å². The molecule has 1 aromatic carbocycles. The van der Waals surface area contributed by atoms with E-state index in [0.717, 1.165) is 5.56 Å². The van der Waals surface area contributed by atoms with Gasteiger partial charge in [-0.3, -0.25) is 4.79 Å². The Morgan fingerprint density at radius 3 is 2.19 bits per heavy atom. The van der Waals surface area contributed by atoms with Gasteiger partial charge in [-0.15, -0.1) is 0 Å². The number of rotatable bonds is 4. The molecule has 0 saturated heterocycles. The van der Waals surface area contributed by atoms with Crippen LogP contribution in [0.4, 0.5) is 0 Å². The average molecular weight is 220 g/mol. The molecule has 88 valence electrons. The molecule has 1 unspecified atom stereocenters. The molecule has 0 saturated carbocycles. The van der Waals surface area contributed by atoms with Crippen molar-refractivity contribution in [3.8, 4) is 0 Å². The zero-order chi connectivity index (χ0) is 12.3. The molecule has 1 aromatic rings. The molecular formula is C14H20O2. The van der Waals surface area contributed by atoms with E-state index < -0.39 is 5.97 Å². The Hall–Kier alpha value is -1.31. The van der Waals surface area contributed by atoms with Crippen molar-refractivity contribution in [1.29, 1.82) is 0 Å². The molecule has 0 spiro atoms. The van der Waals surface area contributed by atoms with Gasteiger partial charge >= 0.3 is 5.97 Å². The molecule has 0 heterocycles. The molecule has 2 heteroatoms. The van der Waals surface area contributed by atoms with E-state index in [-0.39, 0.29) is 11.8 Å². The van der Waals surface area contributed by atoms with Crippen molar-refractivity contribution in [3.63, 3.8) is 0 Å². The first kappa shape index (κ1) is 12.8. The predicted molar refractivity (Wildman–Crippen MR) is 65.6 cm³/mol. The van der Waals surface area contributed by atoms with E-state index in [0.29, 0.717) is 5.92 Å². The Morgan fingerprint density at radius 2 is 1.81 bits per heavy atom. The predicted octanol–water partition coefficient (Wildman–Crippen LogP) is 3.38. The zero-order valence-corrected chi connectivity index (χ0v) is 10.4. The summed E-state index contributed by atoms with van der Waals surface area (Å²) in [4.78, 5) is 11.0. The van der Waals surface area contributed by atoms with Gasteiger partial charge in [-0.05, 0) is 18.4 Å². The first-order chi connectivity index (χ1) is 7.36. The summed E-state index contributed by atoms with van der Waals surface area (Å²) in [6.07, 6.45) is 0.174. The van der Waals surface area contributed by atoms with Crippen LogP contribution in [0.25, 0.3) is 0 Å². The highest BCUT2D eigenvalue weighted by Crippen LogP contribution is 2.35. The minimum atomic E-state index is -0.739. The molecule has 0 radical (unpaired) electrons. The SMILES string of the molecule is Cc1ccc(C(C)(CC(=O)O)C(C)C)cc1. The van der Waals surface area contributed by atoms with Gasteiger partial charge in [-0.2, -0.15) is 0 Å². The number of carboxylic acids is 1. The molecule has 1 N–H and O–H groups in total. The molecule has 1 atom stereocenters. The summed E-state index contributed by atoms with van der Waals surface area (Å²) in [5, 5.41) is 9.01. The minimum Gasteiger partial charge on any atom is -0.481 e. The summed E-state index contributed by atoms with van der Waals surface area (Å²) in [6, 6.07) is 8.16. The highest BCUT2D eigenvalue weighted by Gasteiger charge is 2.32. The van der Waals surface area contributed by atoms with Gasteiger partial charge in [0.25, 0.3) is 0 Å². The molecule has 0 aliphatic rings. The average Bonchev–Trinajstić information content (AvgIpc) is 2.17. The quantitative estimate of drug-likeness (QED) is 0.844. The van der Waals surface area contributed by atoms with Crippen LogP contribution < -0.4 is 0 Å². The largest absolute Gasteiger partial charge is 0.481 e. The van der Waals surface area contributed by atoms with Gasteiger partial charge < -0.3 is 5.11 Å². The summed E-state index contributed by atoms with van der Waals surface area (Å²) >= 11 is 0. The molecule has 0 aromatic heterocycles. The monoisotopic (exact) mass is 220 g/mol. The van der Waals surface area contributed by atoms with Crippen molar-refractivity contribution in [2.24, 2.45) is 5.92 Å². The minimum absolute atomic E-state index is 0.174.